The van der Waals surface area contributed by atoms with E-state index in [4.69, 9.17) is 9.15 Å². The van der Waals surface area contributed by atoms with E-state index in [2.05, 4.69) is 15.5 Å². The van der Waals surface area contributed by atoms with Gasteiger partial charge in [-0.15, -0.1) is 10.2 Å². The monoisotopic (exact) mass is 309 g/mol. The van der Waals surface area contributed by atoms with Crippen LogP contribution in [0.25, 0.3) is 0 Å². The van der Waals surface area contributed by atoms with Gasteiger partial charge in [0.15, 0.2) is 0 Å². The molecule has 2 aliphatic heterocycles. The second-order valence-corrected chi connectivity index (χ2v) is 5.77. The van der Waals surface area contributed by atoms with Crippen molar-refractivity contribution in [3.05, 3.63) is 11.8 Å². The van der Waals surface area contributed by atoms with E-state index >= 15 is 0 Å². The molecule has 0 saturated carbocycles. The first-order valence-electron chi connectivity index (χ1n) is 7.23. The second kappa shape index (κ2) is 5.47. The molecule has 0 unspecified atom stereocenters. The van der Waals surface area contributed by atoms with Crippen molar-refractivity contribution in [2.75, 3.05) is 26.7 Å². The predicted octanol–water partition coefficient (Wildman–Crippen LogP) is 0.504. The van der Waals surface area contributed by atoms with E-state index in [1.54, 1.807) is 23.8 Å². The molecule has 2 aliphatic rings. The number of hydrogen-bond acceptors (Lipinski definition) is 6. The van der Waals surface area contributed by atoms with Crippen LogP contribution in [0, 0.1) is 6.92 Å². The maximum atomic E-state index is 12.1. The average Bonchev–Trinajstić information content (AvgIpc) is 3.01. The Labute approximate surface area is 127 Å². The van der Waals surface area contributed by atoms with Gasteiger partial charge in [-0.1, -0.05) is 0 Å². The van der Waals surface area contributed by atoms with E-state index in [0.717, 1.165) is 0 Å². The molecule has 120 valence electrons. The molecule has 1 N–H and O–H groups in total. The van der Waals surface area contributed by atoms with Gasteiger partial charge in [0, 0.05) is 39.9 Å². The highest BCUT2D eigenvalue weighted by molar-refractivity contribution is 5.74. The number of nitrogens with zero attached hydrogens (tertiary/aromatic N) is 4. The highest BCUT2D eigenvalue weighted by Crippen LogP contribution is 2.32. The summed E-state index contributed by atoms with van der Waals surface area (Å²) in [6.45, 7) is 3.59. The molecule has 0 aromatic carbocycles. The van der Waals surface area contributed by atoms with Gasteiger partial charge in [-0.3, -0.25) is 0 Å². The van der Waals surface area contributed by atoms with Gasteiger partial charge in [0.05, 0.1) is 13.1 Å². The Kier molecular flexibility index (Phi) is 3.63. The maximum absolute atomic E-state index is 12.1. The van der Waals surface area contributed by atoms with Crippen molar-refractivity contribution < 1.29 is 18.7 Å². The molecule has 0 aliphatic carbocycles. The van der Waals surface area contributed by atoms with Gasteiger partial charge in [-0.25, -0.2) is 9.59 Å². The van der Waals surface area contributed by atoms with Crippen molar-refractivity contribution in [2.24, 2.45) is 0 Å². The van der Waals surface area contributed by atoms with E-state index in [1.807, 2.05) is 0 Å². The average molecular weight is 309 g/mol. The minimum atomic E-state index is -0.438. The standard InChI is InChI=1S/C13H19N5O4/c1-9-15-16-10(21-9)7-14-11(19)18-5-3-13(4-6-18)8-17(2)12(20)22-13/h3-8H2,1-2H3,(H,14,19). The summed E-state index contributed by atoms with van der Waals surface area (Å²) in [4.78, 5) is 26.9. The summed E-state index contributed by atoms with van der Waals surface area (Å²) in [7, 11) is 1.72. The molecule has 0 bridgehead atoms. The van der Waals surface area contributed by atoms with E-state index in [9.17, 15) is 9.59 Å². The summed E-state index contributed by atoms with van der Waals surface area (Å²) in [5.41, 5.74) is -0.438. The zero-order valence-corrected chi connectivity index (χ0v) is 12.7. The van der Waals surface area contributed by atoms with Crippen LogP contribution in [-0.2, 0) is 11.3 Å². The van der Waals surface area contributed by atoms with Gasteiger partial charge in [0.1, 0.15) is 5.60 Å². The molecule has 9 nitrogen and oxygen atoms in total. The number of piperidine rings is 1. The molecule has 22 heavy (non-hydrogen) atoms. The van der Waals surface area contributed by atoms with Crippen molar-refractivity contribution >= 4 is 12.1 Å². The lowest BCUT2D eigenvalue weighted by Gasteiger charge is -2.37. The minimum Gasteiger partial charge on any atom is -0.441 e. The Bertz CT molecular complexity index is 579. The molecular formula is C13H19N5O4. The van der Waals surface area contributed by atoms with E-state index in [-0.39, 0.29) is 18.7 Å². The van der Waals surface area contributed by atoms with Gasteiger partial charge in [0.25, 0.3) is 0 Å². The summed E-state index contributed by atoms with van der Waals surface area (Å²) < 4.78 is 10.7. The summed E-state index contributed by atoms with van der Waals surface area (Å²) >= 11 is 0. The Morgan fingerprint density at radius 2 is 2.09 bits per heavy atom. The Balaban J connectivity index is 1.49. The Morgan fingerprint density at radius 1 is 1.36 bits per heavy atom. The Morgan fingerprint density at radius 3 is 2.64 bits per heavy atom. The molecule has 1 spiro atoms. The molecular weight excluding hydrogens is 290 g/mol. The van der Waals surface area contributed by atoms with Crippen LogP contribution in [0.2, 0.25) is 0 Å². The van der Waals surface area contributed by atoms with Crippen molar-refractivity contribution in [1.29, 1.82) is 0 Å². The number of rotatable bonds is 2. The molecule has 0 radical (unpaired) electrons. The molecule has 2 saturated heterocycles. The topological polar surface area (TPSA) is 101 Å². The fourth-order valence-corrected chi connectivity index (χ4v) is 2.84. The third-order valence-electron chi connectivity index (χ3n) is 4.06. The number of nitrogens with one attached hydrogen (secondary N) is 1. The van der Waals surface area contributed by atoms with Crippen LogP contribution in [-0.4, -0.2) is 64.4 Å². The van der Waals surface area contributed by atoms with Gasteiger partial charge in [0.2, 0.25) is 11.8 Å². The van der Waals surface area contributed by atoms with Crippen molar-refractivity contribution in [3.8, 4) is 0 Å². The predicted molar refractivity (Wildman–Crippen MR) is 73.9 cm³/mol. The number of amides is 3. The lowest BCUT2D eigenvalue weighted by atomic mass is 9.91. The number of ether oxygens (including phenoxy) is 1. The summed E-state index contributed by atoms with van der Waals surface area (Å²) in [6, 6.07) is -0.177. The molecule has 1 aromatic rings. The van der Waals surface area contributed by atoms with Crippen LogP contribution in [0.1, 0.15) is 24.6 Å². The van der Waals surface area contributed by atoms with Crippen LogP contribution >= 0.6 is 0 Å². The van der Waals surface area contributed by atoms with Crippen LogP contribution in [0.15, 0.2) is 4.42 Å². The SMILES string of the molecule is Cc1nnc(CNC(=O)N2CCC3(CC2)CN(C)C(=O)O3)o1. The smallest absolute Gasteiger partial charge is 0.410 e. The van der Waals surface area contributed by atoms with Crippen LogP contribution in [0.5, 0.6) is 0 Å². The highest BCUT2D eigenvalue weighted by atomic mass is 16.6. The molecule has 9 heteroatoms. The third kappa shape index (κ3) is 2.83. The Hall–Kier alpha value is -2.32. The van der Waals surface area contributed by atoms with Gasteiger partial charge in [-0.2, -0.15) is 0 Å². The number of carbonyl (C=O) groups excluding carboxylic acids is 2. The van der Waals surface area contributed by atoms with Crippen molar-refractivity contribution in [1.82, 2.24) is 25.3 Å². The first-order valence-corrected chi connectivity index (χ1v) is 7.23. The molecule has 3 heterocycles. The summed E-state index contributed by atoms with van der Waals surface area (Å²) in [5.74, 6) is 0.849. The van der Waals surface area contributed by atoms with Crippen molar-refractivity contribution in [3.63, 3.8) is 0 Å². The van der Waals surface area contributed by atoms with Gasteiger partial charge >= 0.3 is 12.1 Å². The minimum absolute atomic E-state index is 0.177. The maximum Gasteiger partial charge on any atom is 0.410 e. The van der Waals surface area contributed by atoms with Gasteiger partial charge in [-0.05, 0) is 0 Å². The molecule has 3 rings (SSSR count). The zero-order chi connectivity index (χ0) is 15.7. The summed E-state index contributed by atoms with van der Waals surface area (Å²) in [6.07, 6.45) is 1.01. The molecule has 3 amide bonds. The second-order valence-electron chi connectivity index (χ2n) is 5.77. The fourth-order valence-electron chi connectivity index (χ4n) is 2.84. The lowest BCUT2D eigenvalue weighted by molar-refractivity contribution is 0.00958. The number of urea groups is 1. The number of aryl methyl sites for hydroxylation is 1. The highest BCUT2D eigenvalue weighted by Gasteiger charge is 2.46. The number of carbonyl (C=O) groups is 2. The normalized spacial score (nSPS) is 20.4. The first kappa shape index (κ1) is 14.6. The van der Waals surface area contributed by atoms with Crippen LogP contribution < -0.4 is 5.32 Å². The molecule has 0 atom stereocenters. The fraction of sp³-hybridized carbons (Fsp3) is 0.692. The molecule has 2 fully saturated rings. The van der Waals surface area contributed by atoms with E-state index in [0.29, 0.717) is 44.3 Å². The lowest BCUT2D eigenvalue weighted by Crippen LogP contribution is -2.51. The van der Waals surface area contributed by atoms with E-state index in [1.165, 1.54) is 0 Å². The molecule has 1 aromatic heterocycles. The van der Waals surface area contributed by atoms with Crippen molar-refractivity contribution in [2.45, 2.75) is 31.9 Å². The first-order chi connectivity index (χ1) is 10.5. The van der Waals surface area contributed by atoms with Crippen LogP contribution in [0.3, 0.4) is 0 Å². The van der Waals surface area contributed by atoms with Gasteiger partial charge < -0.3 is 24.3 Å². The summed E-state index contributed by atoms with van der Waals surface area (Å²) in [5, 5.41) is 10.3. The number of hydrogen-bond donors (Lipinski definition) is 1. The quantitative estimate of drug-likeness (QED) is 0.854. The number of likely N-dealkylation sites (tertiary alicyclic amines) is 1. The zero-order valence-electron chi connectivity index (χ0n) is 12.7. The number of likely N-dealkylation sites (N-methyl/N-ethyl adjacent to an activating group) is 1. The number of aromatic nitrogens is 2. The third-order valence-corrected chi connectivity index (χ3v) is 4.06. The largest absolute Gasteiger partial charge is 0.441 e. The van der Waals surface area contributed by atoms with Crippen LogP contribution in [0.4, 0.5) is 9.59 Å². The van der Waals surface area contributed by atoms with E-state index < -0.39 is 5.60 Å².